The zero-order valence-electron chi connectivity index (χ0n) is 17.7. The van der Waals surface area contributed by atoms with E-state index in [4.69, 9.17) is 25.8 Å². The van der Waals surface area contributed by atoms with Crippen LogP contribution in [0.4, 0.5) is 8.78 Å². The van der Waals surface area contributed by atoms with Crippen LogP contribution in [0.25, 0.3) is 0 Å². The van der Waals surface area contributed by atoms with Crippen LogP contribution in [0.2, 0.25) is 5.02 Å². The molecule has 1 unspecified atom stereocenters. The molecule has 6 nitrogen and oxygen atoms in total. The molecule has 4 rings (SSSR count). The first-order chi connectivity index (χ1) is 14.5. The van der Waals surface area contributed by atoms with E-state index in [9.17, 15) is 18.4 Å². The number of esters is 1. The van der Waals surface area contributed by atoms with Gasteiger partial charge in [0, 0.05) is 43.2 Å². The maximum Gasteiger partial charge on any atom is 0.338 e. The third-order valence-corrected chi connectivity index (χ3v) is 7.01. The Kier molecular flexibility index (Phi) is 5.56. The third-order valence-electron chi connectivity index (χ3n) is 6.73. The van der Waals surface area contributed by atoms with Crippen molar-refractivity contribution < 1.29 is 32.6 Å². The number of methoxy groups -OCH3 is 1. The first kappa shape index (κ1) is 22.1. The summed E-state index contributed by atoms with van der Waals surface area (Å²) in [7, 11) is 1.30. The van der Waals surface area contributed by atoms with E-state index < -0.39 is 23.6 Å². The smallest absolute Gasteiger partial charge is 0.338 e. The Bertz CT molecular complexity index is 908. The molecule has 1 aromatic carbocycles. The van der Waals surface area contributed by atoms with Gasteiger partial charge in [-0.1, -0.05) is 11.6 Å². The van der Waals surface area contributed by atoms with Gasteiger partial charge >= 0.3 is 5.97 Å². The largest absolute Gasteiger partial charge is 0.465 e. The van der Waals surface area contributed by atoms with Crippen LogP contribution in [0.15, 0.2) is 6.07 Å². The summed E-state index contributed by atoms with van der Waals surface area (Å²) in [5, 5.41) is 3.20. The number of fused-ring (bicyclic) bond motifs is 1. The SMILES string of the molecule is COC(=O)c1cc(Cl)c2c(c1C)OC(C)(C1CCC(NC(=O)C3CC(F)(F)C3)CC1)O2. The second-order valence-corrected chi connectivity index (χ2v) is 9.33. The fourth-order valence-corrected chi connectivity index (χ4v) is 5.00. The molecule has 1 N–H and O–H groups in total. The van der Waals surface area contributed by atoms with E-state index >= 15 is 0 Å². The molecule has 0 bridgehead atoms. The standard InChI is InChI=1S/C22H26ClF2NO5/c1-11-15(20(28)29-3)8-16(23)18-17(11)30-21(2,31-18)13-4-6-14(7-5-13)26-19(27)12-9-22(24,25)10-12/h8,12-14H,4-7,9-10H2,1-3H3,(H,26,27). The number of alkyl halides is 2. The number of nitrogens with one attached hydrogen (secondary N) is 1. The molecule has 1 aromatic rings. The molecule has 170 valence electrons. The van der Waals surface area contributed by atoms with E-state index in [2.05, 4.69) is 5.32 Å². The van der Waals surface area contributed by atoms with Crippen LogP contribution in [0.1, 0.15) is 61.4 Å². The van der Waals surface area contributed by atoms with E-state index in [1.807, 2.05) is 6.92 Å². The zero-order chi connectivity index (χ0) is 22.6. The summed E-state index contributed by atoms with van der Waals surface area (Å²) in [6.45, 7) is 3.60. The van der Waals surface area contributed by atoms with Gasteiger partial charge in [0.05, 0.1) is 17.7 Å². The third kappa shape index (κ3) is 4.06. The zero-order valence-corrected chi connectivity index (χ0v) is 18.5. The number of carbonyl (C=O) groups is 2. The fraction of sp³-hybridized carbons (Fsp3) is 0.636. The highest BCUT2D eigenvalue weighted by Crippen LogP contribution is 2.51. The number of rotatable bonds is 4. The topological polar surface area (TPSA) is 73.9 Å². The van der Waals surface area contributed by atoms with Gasteiger partial charge in [-0.2, -0.15) is 0 Å². The first-order valence-corrected chi connectivity index (χ1v) is 10.9. The molecule has 3 aliphatic rings. The summed E-state index contributed by atoms with van der Waals surface area (Å²) in [6.07, 6.45) is 2.16. The van der Waals surface area contributed by atoms with Crippen LogP contribution in [0.3, 0.4) is 0 Å². The number of benzene rings is 1. The van der Waals surface area contributed by atoms with Crippen LogP contribution in [0.5, 0.6) is 11.5 Å². The minimum absolute atomic E-state index is 0.0399. The van der Waals surface area contributed by atoms with Gasteiger partial charge in [0.2, 0.25) is 11.8 Å². The molecule has 2 saturated carbocycles. The number of hydrogen-bond donors (Lipinski definition) is 1. The molecule has 1 amide bonds. The Morgan fingerprint density at radius 3 is 2.35 bits per heavy atom. The second kappa shape index (κ2) is 7.80. The van der Waals surface area contributed by atoms with Crippen molar-refractivity contribution in [2.45, 2.75) is 70.1 Å². The van der Waals surface area contributed by atoms with E-state index in [0.29, 0.717) is 35.5 Å². The van der Waals surface area contributed by atoms with Crippen molar-refractivity contribution in [1.82, 2.24) is 5.32 Å². The van der Waals surface area contributed by atoms with Crippen LogP contribution in [-0.4, -0.2) is 36.7 Å². The van der Waals surface area contributed by atoms with Gasteiger partial charge in [-0.15, -0.1) is 0 Å². The Balaban J connectivity index is 1.38. The highest BCUT2D eigenvalue weighted by molar-refractivity contribution is 6.32. The van der Waals surface area contributed by atoms with Crippen molar-refractivity contribution in [1.29, 1.82) is 0 Å². The van der Waals surface area contributed by atoms with Crippen LogP contribution in [-0.2, 0) is 9.53 Å². The quantitative estimate of drug-likeness (QED) is 0.666. The lowest BCUT2D eigenvalue weighted by molar-refractivity contribution is -0.151. The van der Waals surface area contributed by atoms with Crippen LogP contribution >= 0.6 is 11.6 Å². The lowest BCUT2D eigenvalue weighted by Gasteiger charge is -2.39. The number of amides is 1. The minimum atomic E-state index is -2.70. The number of hydrogen-bond acceptors (Lipinski definition) is 5. The molecule has 1 aliphatic heterocycles. The van der Waals surface area contributed by atoms with E-state index in [0.717, 1.165) is 12.8 Å². The first-order valence-electron chi connectivity index (χ1n) is 10.5. The van der Waals surface area contributed by atoms with Crippen molar-refractivity contribution in [2.24, 2.45) is 11.8 Å². The van der Waals surface area contributed by atoms with Crippen LogP contribution in [0, 0.1) is 18.8 Å². The van der Waals surface area contributed by atoms with Gasteiger partial charge in [0.15, 0.2) is 11.5 Å². The Morgan fingerprint density at radius 1 is 1.16 bits per heavy atom. The van der Waals surface area contributed by atoms with Crippen LogP contribution < -0.4 is 14.8 Å². The molecular formula is C22H26ClF2NO5. The Hall–Kier alpha value is -2.09. The van der Waals surface area contributed by atoms with Gasteiger partial charge in [-0.25, -0.2) is 13.6 Å². The average molecular weight is 458 g/mol. The maximum absolute atomic E-state index is 13.0. The summed E-state index contributed by atoms with van der Waals surface area (Å²) >= 11 is 6.35. The van der Waals surface area contributed by atoms with Crippen molar-refractivity contribution >= 4 is 23.5 Å². The summed E-state index contributed by atoms with van der Waals surface area (Å²) < 4.78 is 43.2. The second-order valence-electron chi connectivity index (χ2n) is 8.92. The highest BCUT2D eigenvalue weighted by Gasteiger charge is 2.50. The summed E-state index contributed by atoms with van der Waals surface area (Å²) in [4.78, 5) is 24.2. The molecule has 2 fully saturated rings. The van der Waals surface area contributed by atoms with E-state index in [1.54, 1.807) is 6.92 Å². The summed E-state index contributed by atoms with van der Waals surface area (Å²) in [6, 6.07) is 1.48. The predicted octanol–water partition coefficient (Wildman–Crippen LogP) is 4.64. The van der Waals surface area contributed by atoms with Gasteiger partial charge in [0.1, 0.15) is 0 Å². The molecule has 1 heterocycles. The van der Waals surface area contributed by atoms with Gasteiger partial charge < -0.3 is 19.5 Å². The highest BCUT2D eigenvalue weighted by atomic mass is 35.5. The van der Waals surface area contributed by atoms with E-state index in [-0.39, 0.29) is 35.7 Å². The fourth-order valence-electron chi connectivity index (χ4n) is 4.76. The lowest BCUT2D eigenvalue weighted by Crippen LogP contribution is -2.50. The Morgan fingerprint density at radius 2 is 1.77 bits per heavy atom. The van der Waals surface area contributed by atoms with Gasteiger partial charge in [-0.3, -0.25) is 4.79 Å². The molecule has 0 radical (unpaired) electrons. The lowest BCUT2D eigenvalue weighted by atomic mass is 9.79. The van der Waals surface area contributed by atoms with E-state index in [1.165, 1.54) is 13.2 Å². The maximum atomic E-state index is 13.0. The summed E-state index contributed by atoms with van der Waals surface area (Å²) in [5.41, 5.74) is 0.931. The molecule has 9 heteroatoms. The predicted molar refractivity (Wildman–Crippen MR) is 109 cm³/mol. The number of halogens is 3. The Labute approximate surface area is 184 Å². The number of ether oxygens (including phenoxy) is 3. The molecular weight excluding hydrogens is 432 g/mol. The van der Waals surface area contributed by atoms with Crippen molar-refractivity contribution in [3.63, 3.8) is 0 Å². The average Bonchev–Trinajstić information content (AvgIpc) is 3.08. The molecule has 0 aromatic heterocycles. The molecule has 1 atom stereocenters. The van der Waals surface area contributed by atoms with Gasteiger partial charge in [0.25, 0.3) is 5.79 Å². The molecule has 31 heavy (non-hydrogen) atoms. The normalized spacial score (nSPS) is 29.2. The minimum Gasteiger partial charge on any atom is -0.465 e. The molecule has 2 aliphatic carbocycles. The van der Waals surface area contributed by atoms with Crippen molar-refractivity contribution in [2.75, 3.05) is 7.11 Å². The summed E-state index contributed by atoms with van der Waals surface area (Å²) in [5.74, 6) is -4.12. The number of carbonyl (C=O) groups excluding carboxylic acids is 2. The van der Waals surface area contributed by atoms with Crippen molar-refractivity contribution in [3.05, 3.63) is 22.2 Å². The molecule has 0 spiro atoms. The van der Waals surface area contributed by atoms with Gasteiger partial charge in [-0.05, 0) is 38.7 Å². The monoisotopic (exact) mass is 457 g/mol. The van der Waals surface area contributed by atoms with Crippen molar-refractivity contribution in [3.8, 4) is 11.5 Å². The molecule has 0 saturated heterocycles.